The maximum Gasteiger partial charge on any atom is 0.270 e. The van der Waals surface area contributed by atoms with E-state index in [4.69, 9.17) is 0 Å². The molecule has 5 heteroatoms. The number of carbonyl (C=O) groups is 1. The smallest absolute Gasteiger partial charge is 0.270 e. The van der Waals surface area contributed by atoms with Gasteiger partial charge in [-0.1, -0.05) is 43.7 Å². The number of nitrogens with zero attached hydrogens (tertiary/aromatic N) is 2. The molecule has 0 aliphatic rings. The summed E-state index contributed by atoms with van der Waals surface area (Å²) in [7, 11) is 0. The van der Waals surface area contributed by atoms with E-state index >= 15 is 0 Å². The molecule has 0 atom stereocenters. The average molecular weight is 312 g/mol. The van der Waals surface area contributed by atoms with Crippen LogP contribution in [0.3, 0.4) is 0 Å². The van der Waals surface area contributed by atoms with Crippen molar-refractivity contribution >= 4 is 11.9 Å². The molecular weight excluding hydrogens is 288 g/mol. The maximum atomic E-state index is 12.0. The molecule has 2 N–H and O–H groups in total. The quantitative estimate of drug-likeness (QED) is 0.698. The summed E-state index contributed by atoms with van der Waals surface area (Å²) in [6.07, 6.45) is 5.63. The Morgan fingerprint density at radius 2 is 1.91 bits per heavy atom. The molecule has 0 aliphatic heterocycles. The van der Waals surface area contributed by atoms with E-state index in [1.54, 1.807) is 12.3 Å². The molecule has 0 saturated carbocycles. The van der Waals surface area contributed by atoms with Gasteiger partial charge in [0.2, 0.25) is 5.95 Å². The number of benzene rings is 1. The number of rotatable bonds is 9. The van der Waals surface area contributed by atoms with Crippen LogP contribution in [0, 0.1) is 0 Å². The molecule has 2 aromatic rings. The lowest BCUT2D eigenvalue weighted by atomic mass is 10.1. The SMILES string of the molecule is CCCCNC(=O)c1ccnc(NCCCc2ccccc2)n1. The highest BCUT2D eigenvalue weighted by atomic mass is 16.1. The second-order valence-electron chi connectivity index (χ2n) is 5.39. The molecule has 0 saturated heterocycles. The molecule has 1 aromatic carbocycles. The summed E-state index contributed by atoms with van der Waals surface area (Å²) in [6, 6.07) is 12.0. The summed E-state index contributed by atoms with van der Waals surface area (Å²) in [5.41, 5.74) is 1.72. The molecular formula is C18H24N4O. The van der Waals surface area contributed by atoms with E-state index in [9.17, 15) is 4.79 Å². The first kappa shape index (κ1) is 16.9. The van der Waals surface area contributed by atoms with Crippen molar-refractivity contribution in [1.29, 1.82) is 0 Å². The Kier molecular flexibility index (Phi) is 7.04. The fraction of sp³-hybridized carbons (Fsp3) is 0.389. The van der Waals surface area contributed by atoms with Gasteiger partial charge in [0.1, 0.15) is 5.69 Å². The number of unbranched alkanes of at least 4 members (excludes halogenated alkanes) is 1. The zero-order chi connectivity index (χ0) is 16.3. The fourth-order valence-corrected chi connectivity index (χ4v) is 2.18. The largest absolute Gasteiger partial charge is 0.354 e. The van der Waals surface area contributed by atoms with Gasteiger partial charge in [0.25, 0.3) is 5.91 Å². The monoisotopic (exact) mass is 312 g/mol. The van der Waals surface area contributed by atoms with Crippen molar-refractivity contribution in [3.05, 3.63) is 53.9 Å². The number of hydrogen-bond acceptors (Lipinski definition) is 4. The van der Waals surface area contributed by atoms with Gasteiger partial charge in [-0.15, -0.1) is 0 Å². The Balaban J connectivity index is 1.77. The molecule has 2 rings (SSSR count). The second-order valence-corrected chi connectivity index (χ2v) is 5.39. The van der Waals surface area contributed by atoms with Gasteiger partial charge in [-0.2, -0.15) is 0 Å². The van der Waals surface area contributed by atoms with Crippen LogP contribution in [0.4, 0.5) is 5.95 Å². The summed E-state index contributed by atoms with van der Waals surface area (Å²) in [5, 5.41) is 6.03. The third-order valence-electron chi connectivity index (χ3n) is 3.47. The van der Waals surface area contributed by atoms with Crippen molar-refractivity contribution in [1.82, 2.24) is 15.3 Å². The van der Waals surface area contributed by atoms with Crippen molar-refractivity contribution in [2.45, 2.75) is 32.6 Å². The minimum absolute atomic E-state index is 0.145. The summed E-state index contributed by atoms with van der Waals surface area (Å²) in [5.74, 6) is 0.356. The van der Waals surface area contributed by atoms with E-state index in [1.165, 1.54) is 5.56 Å². The maximum absolute atomic E-state index is 12.0. The molecule has 1 amide bonds. The number of anilines is 1. The number of nitrogens with one attached hydrogen (secondary N) is 2. The Hall–Kier alpha value is -2.43. The molecule has 0 bridgehead atoms. The van der Waals surface area contributed by atoms with E-state index < -0.39 is 0 Å². The molecule has 5 nitrogen and oxygen atoms in total. The molecule has 0 unspecified atom stereocenters. The van der Waals surface area contributed by atoms with Crippen LogP contribution in [0.1, 0.15) is 42.2 Å². The summed E-state index contributed by atoms with van der Waals surface area (Å²) >= 11 is 0. The van der Waals surface area contributed by atoms with Crippen LogP contribution in [0.15, 0.2) is 42.6 Å². The van der Waals surface area contributed by atoms with Gasteiger partial charge in [-0.25, -0.2) is 9.97 Å². The number of hydrogen-bond donors (Lipinski definition) is 2. The van der Waals surface area contributed by atoms with Crippen molar-refractivity contribution in [3.63, 3.8) is 0 Å². The van der Waals surface area contributed by atoms with Crippen LogP contribution >= 0.6 is 0 Å². The van der Waals surface area contributed by atoms with Crippen LogP contribution in [-0.2, 0) is 6.42 Å². The Morgan fingerprint density at radius 1 is 1.09 bits per heavy atom. The lowest BCUT2D eigenvalue weighted by Gasteiger charge is -2.07. The summed E-state index contributed by atoms with van der Waals surface area (Å²) in [4.78, 5) is 20.4. The van der Waals surface area contributed by atoms with Gasteiger partial charge < -0.3 is 10.6 Å². The van der Waals surface area contributed by atoms with Crippen molar-refractivity contribution in [2.24, 2.45) is 0 Å². The first-order chi connectivity index (χ1) is 11.3. The predicted molar refractivity (Wildman–Crippen MR) is 92.5 cm³/mol. The average Bonchev–Trinajstić information content (AvgIpc) is 2.60. The van der Waals surface area contributed by atoms with Gasteiger partial charge in [0.15, 0.2) is 0 Å². The first-order valence-corrected chi connectivity index (χ1v) is 8.18. The number of aromatic nitrogens is 2. The first-order valence-electron chi connectivity index (χ1n) is 8.18. The highest BCUT2D eigenvalue weighted by Gasteiger charge is 2.07. The Bertz CT molecular complexity index is 601. The van der Waals surface area contributed by atoms with Crippen LogP contribution in [0.25, 0.3) is 0 Å². The molecule has 0 fully saturated rings. The summed E-state index contributed by atoms with van der Waals surface area (Å²) in [6.45, 7) is 3.54. The number of amides is 1. The number of aryl methyl sites for hydroxylation is 1. The lowest BCUT2D eigenvalue weighted by molar-refractivity contribution is 0.0948. The minimum Gasteiger partial charge on any atom is -0.354 e. The zero-order valence-electron chi connectivity index (χ0n) is 13.6. The van der Waals surface area contributed by atoms with Crippen LogP contribution in [0.5, 0.6) is 0 Å². The molecule has 1 aromatic heterocycles. The Morgan fingerprint density at radius 3 is 2.70 bits per heavy atom. The molecule has 0 aliphatic carbocycles. The third kappa shape index (κ3) is 6.06. The Labute approximate surface area is 137 Å². The molecule has 23 heavy (non-hydrogen) atoms. The van der Waals surface area contributed by atoms with Crippen molar-refractivity contribution in [3.8, 4) is 0 Å². The van der Waals surface area contributed by atoms with E-state index in [-0.39, 0.29) is 5.91 Å². The van der Waals surface area contributed by atoms with Gasteiger partial charge in [-0.05, 0) is 30.9 Å². The molecule has 122 valence electrons. The van der Waals surface area contributed by atoms with E-state index in [0.717, 1.165) is 32.2 Å². The van der Waals surface area contributed by atoms with E-state index in [2.05, 4.69) is 39.7 Å². The molecule has 1 heterocycles. The number of carbonyl (C=O) groups excluding carboxylic acids is 1. The van der Waals surface area contributed by atoms with Crippen molar-refractivity contribution in [2.75, 3.05) is 18.4 Å². The van der Waals surface area contributed by atoms with Gasteiger partial charge in [0, 0.05) is 19.3 Å². The highest BCUT2D eigenvalue weighted by Crippen LogP contribution is 2.04. The second kappa shape index (κ2) is 9.56. The fourth-order valence-electron chi connectivity index (χ4n) is 2.18. The molecule has 0 spiro atoms. The summed E-state index contributed by atoms with van der Waals surface area (Å²) < 4.78 is 0. The van der Waals surface area contributed by atoms with Crippen LogP contribution < -0.4 is 10.6 Å². The highest BCUT2D eigenvalue weighted by molar-refractivity contribution is 5.92. The zero-order valence-corrected chi connectivity index (χ0v) is 13.6. The van der Waals surface area contributed by atoms with Gasteiger partial charge in [-0.3, -0.25) is 4.79 Å². The van der Waals surface area contributed by atoms with Crippen LogP contribution in [-0.4, -0.2) is 29.0 Å². The molecule has 0 radical (unpaired) electrons. The standard InChI is InChI=1S/C18H24N4O/c1-2-3-12-19-17(23)16-11-14-21-18(22-16)20-13-7-10-15-8-5-4-6-9-15/h4-6,8-9,11,14H,2-3,7,10,12-13H2,1H3,(H,19,23)(H,20,21,22). The van der Waals surface area contributed by atoms with Gasteiger partial charge >= 0.3 is 0 Å². The third-order valence-corrected chi connectivity index (χ3v) is 3.47. The van der Waals surface area contributed by atoms with Crippen LogP contribution in [0.2, 0.25) is 0 Å². The predicted octanol–water partition coefficient (Wildman–Crippen LogP) is 3.05. The van der Waals surface area contributed by atoms with E-state index in [0.29, 0.717) is 18.2 Å². The van der Waals surface area contributed by atoms with E-state index in [1.807, 2.05) is 18.2 Å². The topological polar surface area (TPSA) is 66.9 Å². The minimum atomic E-state index is -0.145. The lowest BCUT2D eigenvalue weighted by Crippen LogP contribution is -2.25. The van der Waals surface area contributed by atoms with Gasteiger partial charge in [0.05, 0.1) is 0 Å². The van der Waals surface area contributed by atoms with Crippen molar-refractivity contribution < 1.29 is 4.79 Å². The normalized spacial score (nSPS) is 10.3.